The summed E-state index contributed by atoms with van der Waals surface area (Å²) in [6, 6.07) is 25.2. The van der Waals surface area contributed by atoms with Gasteiger partial charge in [0.05, 0.1) is 17.4 Å². The second-order valence-corrected chi connectivity index (χ2v) is 9.49. The van der Waals surface area contributed by atoms with E-state index in [1.54, 1.807) is 67.6 Å². The number of esters is 1. The van der Waals surface area contributed by atoms with Crippen molar-refractivity contribution in [3.8, 4) is 6.07 Å². The van der Waals surface area contributed by atoms with Crippen LogP contribution in [0.1, 0.15) is 28.4 Å². The molecule has 0 aliphatic carbocycles. The number of amides is 2. The summed E-state index contributed by atoms with van der Waals surface area (Å²) >= 11 is 1.19. The van der Waals surface area contributed by atoms with Gasteiger partial charge in [0.25, 0.3) is 5.91 Å². The van der Waals surface area contributed by atoms with Crippen molar-refractivity contribution in [2.75, 3.05) is 16.8 Å². The minimum absolute atomic E-state index is 0.134. The van der Waals surface area contributed by atoms with E-state index in [4.69, 9.17) is 4.74 Å². The molecule has 7 nitrogen and oxygen atoms in total. The number of carbonyl (C=O) groups is 3. The fourth-order valence-corrected chi connectivity index (χ4v) is 5.21. The number of hydrogen-bond acceptors (Lipinski definition) is 6. The first-order valence-corrected chi connectivity index (χ1v) is 12.6. The van der Waals surface area contributed by atoms with Crippen LogP contribution in [0.5, 0.6) is 0 Å². The molecule has 3 aromatic rings. The van der Waals surface area contributed by atoms with Crippen molar-refractivity contribution in [1.82, 2.24) is 0 Å². The highest BCUT2D eigenvalue weighted by Crippen LogP contribution is 2.42. The molecule has 1 N–H and O–H groups in total. The van der Waals surface area contributed by atoms with Crippen LogP contribution in [0.15, 0.2) is 89.5 Å². The van der Waals surface area contributed by atoms with E-state index in [1.807, 2.05) is 31.2 Å². The molecule has 1 saturated heterocycles. The van der Waals surface area contributed by atoms with Gasteiger partial charge in [-0.25, -0.2) is 4.79 Å². The molecule has 8 heteroatoms. The summed E-state index contributed by atoms with van der Waals surface area (Å²) in [5.41, 5.74) is 3.17. The molecular formula is C29H25N3O4S. The van der Waals surface area contributed by atoms with Gasteiger partial charge in [-0.05, 0) is 61.7 Å². The van der Waals surface area contributed by atoms with Gasteiger partial charge in [0.15, 0.2) is 0 Å². The highest BCUT2D eigenvalue weighted by atomic mass is 32.2. The molecule has 0 radical (unpaired) electrons. The molecule has 2 amide bonds. The zero-order valence-electron chi connectivity index (χ0n) is 20.4. The van der Waals surface area contributed by atoms with E-state index in [0.717, 1.165) is 11.1 Å². The summed E-state index contributed by atoms with van der Waals surface area (Å²) in [6.07, 6.45) is 0.359. The monoisotopic (exact) mass is 511 g/mol. The molecule has 186 valence electrons. The van der Waals surface area contributed by atoms with Gasteiger partial charge in [-0.15, -0.1) is 0 Å². The number of carbonyl (C=O) groups excluding carboxylic acids is 3. The maximum Gasteiger partial charge on any atom is 0.338 e. The molecule has 1 aliphatic heterocycles. The summed E-state index contributed by atoms with van der Waals surface area (Å²) in [7, 11) is 0. The Bertz CT molecular complexity index is 1390. The zero-order valence-corrected chi connectivity index (χ0v) is 21.2. The third-order valence-electron chi connectivity index (χ3n) is 5.80. The molecular weight excluding hydrogens is 486 g/mol. The van der Waals surface area contributed by atoms with Gasteiger partial charge in [0, 0.05) is 11.4 Å². The molecule has 0 saturated carbocycles. The fourth-order valence-electron chi connectivity index (χ4n) is 3.90. The number of para-hydroxylation sites is 2. The molecule has 0 spiro atoms. The number of rotatable bonds is 7. The minimum Gasteiger partial charge on any atom is -0.462 e. The average Bonchev–Trinajstić information content (AvgIpc) is 3.22. The lowest BCUT2D eigenvalue weighted by atomic mass is 10.1. The Balaban J connectivity index is 1.65. The van der Waals surface area contributed by atoms with Gasteiger partial charge in [-0.3, -0.25) is 14.5 Å². The standard InChI is InChI=1S/C29H25N3O4S/c1-3-36-29(35)21-15-13-20(14-16-21)17-25-27(34)32(22-10-5-4-6-11-22)28(37-25)23(18-30)26(33)31-24-12-8-7-9-19(24)2/h4-16,25H,3,17H2,1-2H3,(H,31,33). The lowest BCUT2D eigenvalue weighted by Gasteiger charge is -2.18. The number of hydrogen-bond donors (Lipinski definition) is 1. The van der Waals surface area contributed by atoms with Crippen molar-refractivity contribution in [2.45, 2.75) is 25.5 Å². The Morgan fingerprint density at radius 2 is 1.70 bits per heavy atom. The van der Waals surface area contributed by atoms with E-state index >= 15 is 0 Å². The number of nitrogens with one attached hydrogen (secondary N) is 1. The van der Waals surface area contributed by atoms with Gasteiger partial charge >= 0.3 is 5.97 Å². The van der Waals surface area contributed by atoms with Crippen molar-refractivity contribution in [2.24, 2.45) is 0 Å². The van der Waals surface area contributed by atoms with Gasteiger partial charge in [-0.2, -0.15) is 5.26 Å². The number of anilines is 2. The average molecular weight is 512 g/mol. The van der Waals surface area contributed by atoms with Crippen LogP contribution >= 0.6 is 11.8 Å². The number of nitriles is 1. The molecule has 1 aliphatic rings. The van der Waals surface area contributed by atoms with E-state index < -0.39 is 17.1 Å². The maximum absolute atomic E-state index is 13.6. The van der Waals surface area contributed by atoms with E-state index in [2.05, 4.69) is 5.32 Å². The number of ether oxygens (including phenoxy) is 1. The van der Waals surface area contributed by atoms with Crippen molar-refractivity contribution < 1.29 is 19.1 Å². The third-order valence-corrected chi connectivity index (χ3v) is 7.06. The zero-order chi connectivity index (χ0) is 26.4. The van der Waals surface area contributed by atoms with Gasteiger partial charge < -0.3 is 10.1 Å². The molecule has 0 bridgehead atoms. The molecule has 1 fully saturated rings. The molecule has 1 unspecified atom stereocenters. The number of benzene rings is 3. The Hall–Kier alpha value is -4.35. The quantitative estimate of drug-likeness (QED) is 0.265. The van der Waals surface area contributed by atoms with Gasteiger partial charge in [0.1, 0.15) is 16.7 Å². The summed E-state index contributed by atoms with van der Waals surface area (Å²) in [4.78, 5) is 40.2. The van der Waals surface area contributed by atoms with Crippen LogP contribution in [0.3, 0.4) is 0 Å². The van der Waals surface area contributed by atoms with Crippen LogP contribution in [0.25, 0.3) is 0 Å². The van der Waals surface area contributed by atoms with Crippen LogP contribution in [-0.4, -0.2) is 29.6 Å². The van der Waals surface area contributed by atoms with Crippen LogP contribution in [0.4, 0.5) is 11.4 Å². The SMILES string of the molecule is CCOC(=O)c1ccc(CC2SC(=C(C#N)C(=O)Nc3ccccc3C)N(c3ccccc3)C2=O)cc1. The first-order chi connectivity index (χ1) is 17.9. The lowest BCUT2D eigenvalue weighted by Crippen LogP contribution is -2.30. The molecule has 3 aromatic carbocycles. The second kappa shape index (κ2) is 11.6. The molecule has 4 rings (SSSR count). The topological polar surface area (TPSA) is 99.5 Å². The normalized spacial score (nSPS) is 16.2. The molecule has 1 heterocycles. The van der Waals surface area contributed by atoms with E-state index in [-0.39, 0.29) is 23.1 Å². The predicted molar refractivity (Wildman–Crippen MR) is 144 cm³/mol. The summed E-state index contributed by atoms with van der Waals surface area (Å²) in [5, 5.41) is 12.5. The smallest absolute Gasteiger partial charge is 0.338 e. The lowest BCUT2D eigenvalue weighted by molar-refractivity contribution is -0.117. The summed E-state index contributed by atoms with van der Waals surface area (Å²) < 4.78 is 5.03. The van der Waals surface area contributed by atoms with Crippen LogP contribution in [-0.2, 0) is 20.7 Å². The van der Waals surface area contributed by atoms with E-state index in [0.29, 0.717) is 23.4 Å². The Morgan fingerprint density at radius 3 is 2.35 bits per heavy atom. The Labute approximate surface area is 219 Å². The second-order valence-electron chi connectivity index (χ2n) is 8.30. The van der Waals surface area contributed by atoms with Crippen molar-refractivity contribution >= 4 is 40.9 Å². The van der Waals surface area contributed by atoms with E-state index in [1.165, 1.54) is 16.7 Å². The molecule has 0 aromatic heterocycles. The highest BCUT2D eigenvalue weighted by Gasteiger charge is 2.40. The summed E-state index contributed by atoms with van der Waals surface area (Å²) in [6.45, 7) is 3.90. The van der Waals surface area contributed by atoms with E-state index in [9.17, 15) is 19.6 Å². The first-order valence-electron chi connectivity index (χ1n) is 11.8. The van der Waals surface area contributed by atoms with Crippen molar-refractivity contribution in [3.63, 3.8) is 0 Å². The van der Waals surface area contributed by atoms with Crippen LogP contribution < -0.4 is 10.2 Å². The largest absolute Gasteiger partial charge is 0.462 e. The molecule has 37 heavy (non-hydrogen) atoms. The summed E-state index contributed by atoms with van der Waals surface area (Å²) in [5.74, 6) is -1.20. The number of thioether (sulfide) groups is 1. The maximum atomic E-state index is 13.6. The number of nitrogens with zero attached hydrogens (tertiary/aromatic N) is 2. The van der Waals surface area contributed by atoms with Crippen molar-refractivity contribution in [1.29, 1.82) is 5.26 Å². The Morgan fingerprint density at radius 1 is 1.03 bits per heavy atom. The molecule has 1 atom stereocenters. The van der Waals surface area contributed by atoms with Gasteiger partial charge in [0.2, 0.25) is 5.91 Å². The first kappa shape index (κ1) is 25.7. The third kappa shape index (κ3) is 5.74. The van der Waals surface area contributed by atoms with Gasteiger partial charge in [-0.1, -0.05) is 60.3 Å². The van der Waals surface area contributed by atoms with Crippen LogP contribution in [0.2, 0.25) is 0 Å². The fraction of sp³-hybridized carbons (Fsp3) is 0.172. The Kier molecular flexibility index (Phi) is 8.06. The van der Waals surface area contributed by atoms with Crippen molar-refractivity contribution in [3.05, 3.63) is 106 Å². The minimum atomic E-state index is -0.576. The van der Waals surface area contributed by atoms with Crippen LogP contribution in [0, 0.1) is 18.3 Å². The number of aryl methyl sites for hydroxylation is 1. The predicted octanol–water partition coefficient (Wildman–Crippen LogP) is 5.24. The highest BCUT2D eigenvalue weighted by molar-refractivity contribution is 8.05.